The van der Waals surface area contributed by atoms with Gasteiger partial charge in [-0.1, -0.05) is 35.4 Å². The van der Waals surface area contributed by atoms with Gasteiger partial charge in [-0.3, -0.25) is 9.10 Å². The minimum absolute atomic E-state index is 0.0900. The molecule has 3 aromatic carbocycles. The van der Waals surface area contributed by atoms with Crippen LogP contribution in [-0.4, -0.2) is 33.6 Å². The van der Waals surface area contributed by atoms with Crippen LogP contribution in [0.3, 0.4) is 0 Å². The van der Waals surface area contributed by atoms with Gasteiger partial charge in [0.2, 0.25) is 5.91 Å². The van der Waals surface area contributed by atoms with Crippen LogP contribution in [0.2, 0.25) is 5.02 Å². The molecule has 1 aliphatic rings. The summed E-state index contributed by atoms with van der Waals surface area (Å²) < 4.78 is 40.0. The molecule has 7 nitrogen and oxygen atoms in total. The molecule has 1 N–H and O–H groups in total. The van der Waals surface area contributed by atoms with Crippen LogP contribution in [0.25, 0.3) is 0 Å². The van der Waals surface area contributed by atoms with E-state index in [1.54, 1.807) is 43.5 Å². The van der Waals surface area contributed by atoms with E-state index in [2.05, 4.69) is 5.32 Å². The summed E-state index contributed by atoms with van der Waals surface area (Å²) in [6.07, 6.45) is 0.513. The molecule has 0 radical (unpaired) electrons. The summed E-state index contributed by atoms with van der Waals surface area (Å²) in [5.41, 5.74) is 2.30. The third kappa shape index (κ3) is 5.86. The van der Waals surface area contributed by atoms with Crippen molar-refractivity contribution in [1.82, 2.24) is 5.32 Å². The van der Waals surface area contributed by atoms with Crippen LogP contribution in [0.15, 0.2) is 65.6 Å². The molecule has 0 saturated carbocycles. The Morgan fingerprint density at radius 2 is 1.81 bits per heavy atom. The molecule has 1 aliphatic heterocycles. The van der Waals surface area contributed by atoms with E-state index in [1.165, 1.54) is 12.1 Å². The third-order valence-electron chi connectivity index (χ3n) is 6.35. The number of carbonyl (C=O) groups excluding carboxylic acids is 1. The van der Waals surface area contributed by atoms with Gasteiger partial charge in [-0.25, -0.2) is 8.42 Å². The predicted octanol–water partition coefficient (Wildman–Crippen LogP) is 5.58. The minimum Gasteiger partial charge on any atom is -0.497 e. The van der Waals surface area contributed by atoms with E-state index < -0.39 is 28.1 Å². The number of amides is 1. The molecule has 3 aromatic rings. The number of nitrogens with zero attached hydrogens (tertiary/aromatic N) is 1. The summed E-state index contributed by atoms with van der Waals surface area (Å²) in [4.78, 5) is 13.5. The highest BCUT2D eigenvalue weighted by Gasteiger charge is 2.36. The van der Waals surface area contributed by atoms with Gasteiger partial charge in [0.25, 0.3) is 10.0 Å². The number of halogens is 1. The molecule has 196 valence electrons. The lowest BCUT2D eigenvalue weighted by molar-refractivity contribution is -0.120. The first kappa shape index (κ1) is 26.8. The molecular weight excluding hydrogens is 512 g/mol. The Labute approximate surface area is 223 Å². The Bertz CT molecular complexity index is 1420. The summed E-state index contributed by atoms with van der Waals surface area (Å²) in [5, 5.41) is 3.44. The van der Waals surface area contributed by atoms with Gasteiger partial charge in [-0.15, -0.1) is 0 Å². The molecular formula is C28H31ClN2O5S. The average molecular weight is 543 g/mol. The molecule has 1 amide bonds. The number of carbonyl (C=O) groups is 1. The zero-order valence-corrected chi connectivity index (χ0v) is 23.1. The number of methoxy groups -OCH3 is 1. The SMILES string of the molecule is COc1ccc2c(c1)OC(C)(C)CC2NC(=O)CN(c1ccc(C)c(Cl)c1)S(=O)(=O)c1ccc(C)cc1. The van der Waals surface area contributed by atoms with Crippen LogP contribution in [0.1, 0.15) is 43.0 Å². The number of benzene rings is 3. The molecule has 1 heterocycles. The Hall–Kier alpha value is -3.23. The summed E-state index contributed by atoms with van der Waals surface area (Å²) in [6, 6.07) is 16.6. The molecule has 1 atom stereocenters. The molecule has 0 spiro atoms. The Morgan fingerprint density at radius 3 is 2.46 bits per heavy atom. The van der Waals surface area contributed by atoms with E-state index in [0.29, 0.717) is 28.6 Å². The number of sulfonamides is 1. The standard InChI is InChI=1S/C28H31ClN2O5S/c1-18-6-11-22(12-7-18)37(33,34)31(20-9-8-19(2)24(29)14-20)17-27(32)30-25-16-28(3,4)36-26-15-21(35-5)10-13-23(25)26/h6-15,25H,16-17H2,1-5H3,(H,30,32). The smallest absolute Gasteiger partial charge is 0.264 e. The zero-order chi connectivity index (χ0) is 27.0. The van der Waals surface area contributed by atoms with E-state index in [9.17, 15) is 13.2 Å². The summed E-state index contributed by atoms with van der Waals surface area (Å²) in [5.74, 6) is 0.820. The number of rotatable bonds is 7. The largest absolute Gasteiger partial charge is 0.497 e. The second-order valence-electron chi connectivity index (χ2n) is 9.85. The van der Waals surface area contributed by atoms with Crippen molar-refractivity contribution in [2.75, 3.05) is 18.0 Å². The first-order chi connectivity index (χ1) is 17.4. The maximum atomic E-state index is 13.7. The van der Waals surface area contributed by atoms with E-state index in [0.717, 1.165) is 21.0 Å². The molecule has 4 rings (SSSR count). The number of aryl methyl sites for hydroxylation is 2. The Balaban J connectivity index is 1.66. The van der Waals surface area contributed by atoms with Crippen LogP contribution in [-0.2, 0) is 14.8 Å². The molecule has 0 aromatic heterocycles. The van der Waals surface area contributed by atoms with Gasteiger partial charge >= 0.3 is 0 Å². The van der Waals surface area contributed by atoms with Gasteiger partial charge in [0.1, 0.15) is 23.6 Å². The number of fused-ring (bicyclic) bond motifs is 1. The van der Waals surface area contributed by atoms with Crippen molar-refractivity contribution in [2.24, 2.45) is 0 Å². The van der Waals surface area contributed by atoms with Crippen molar-refractivity contribution in [1.29, 1.82) is 0 Å². The highest BCUT2D eigenvalue weighted by molar-refractivity contribution is 7.92. The summed E-state index contributed by atoms with van der Waals surface area (Å²) in [7, 11) is -2.48. The second kappa shape index (κ2) is 10.3. The highest BCUT2D eigenvalue weighted by atomic mass is 35.5. The summed E-state index contributed by atoms with van der Waals surface area (Å²) >= 11 is 6.33. The second-order valence-corrected chi connectivity index (χ2v) is 12.1. The maximum Gasteiger partial charge on any atom is 0.264 e. The van der Waals surface area contributed by atoms with Crippen LogP contribution in [0.4, 0.5) is 5.69 Å². The molecule has 0 fully saturated rings. The zero-order valence-electron chi connectivity index (χ0n) is 21.5. The number of anilines is 1. The van der Waals surface area contributed by atoms with Crippen molar-refractivity contribution in [3.8, 4) is 11.5 Å². The lowest BCUT2D eigenvalue weighted by atomic mass is 9.89. The lowest BCUT2D eigenvalue weighted by Crippen LogP contribution is -2.45. The van der Waals surface area contributed by atoms with E-state index >= 15 is 0 Å². The predicted molar refractivity (Wildman–Crippen MR) is 145 cm³/mol. The topological polar surface area (TPSA) is 84.9 Å². The first-order valence-electron chi connectivity index (χ1n) is 11.9. The van der Waals surface area contributed by atoms with Gasteiger partial charge < -0.3 is 14.8 Å². The number of ether oxygens (including phenoxy) is 2. The molecule has 1 unspecified atom stereocenters. The van der Waals surface area contributed by atoms with Gasteiger partial charge in [0.05, 0.1) is 23.7 Å². The Morgan fingerprint density at radius 1 is 1.11 bits per heavy atom. The monoisotopic (exact) mass is 542 g/mol. The normalized spacial score (nSPS) is 16.3. The van der Waals surface area contributed by atoms with E-state index in [-0.39, 0.29) is 10.9 Å². The van der Waals surface area contributed by atoms with Crippen LogP contribution >= 0.6 is 11.6 Å². The summed E-state index contributed by atoms with van der Waals surface area (Å²) in [6.45, 7) is 7.17. The first-order valence-corrected chi connectivity index (χ1v) is 13.7. The van der Waals surface area contributed by atoms with Crippen molar-refractivity contribution in [3.63, 3.8) is 0 Å². The number of nitrogens with one attached hydrogen (secondary N) is 1. The number of hydrogen-bond donors (Lipinski definition) is 1. The molecule has 37 heavy (non-hydrogen) atoms. The Kier molecular flexibility index (Phi) is 7.44. The number of hydrogen-bond acceptors (Lipinski definition) is 5. The van der Waals surface area contributed by atoms with Crippen molar-refractivity contribution < 1.29 is 22.7 Å². The average Bonchev–Trinajstić information content (AvgIpc) is 2.83. The minimum atomic E-state index is -4.06. The van der Waals surface area contributed by atoms with Crippen molar-refractivity contribution in [2.45, 2.75) is 50.7 Å². The van der Waals surface area contributed by atoms with Gasteiger partial charge in [-0.05, 0) is 69.7 Å². The fraction of sp³-hybridized carbons (Fsp3) is 0.321. The fourth-order valence-electron chi connectivity index (χ4n) is 4.35. The third-order valence-corrected chi connectivity index (χ3v) is 8.55. The van der Waals surface area contributed by atoms with Crippen LogP contribution in [0, 0.1) is 13.8 Å². The van der Waals surface area contributed by atoms with Crippen LogP contribution < -0.4 is 19.1 Å². The fourth-order valence-corrected chi connectivity index (χ4v) is 5.94. The van der Waals surface area contributed by atoms with E-state index in [1.807, 2.05) is 39.8 Å². The van der Waals surface area contributed by atoms with Crippen LogP contribution in [0.5, 0.6) is 11.5 Å². The molecule has 9 heteroatoms. The van der Waals surface area contributed by atoms with E-state index in [4.69, 9.17) is 21.1 Å². The van der Waals surface area contributed by atoms with Gasteiger partial charge in [0.15, 0.2) is 0 Å². The van der Waals surface area contributed by atoms with Crippen molar-refractivity contribution >= 4 is 33.2 Å². The highest BCUT2D eigenvalue weighted by Crippen LogP contribution is 2.41. The molecule has 0 bridgehead atoms. The lowest BCUT2D eigenvalue weighted by Gasteiger charge is -2.38. The van der Waals surface area contributed by atoms with Crippen molar-refractivity contribution in [3.05, 3.63) is 82.4 Å². The van der Waals surface area contributed by atoms with Gasteiger partial charge in [-0.2, -0.15) is 0 Å². The van der Waals surface area contributed by atoms with Gasteiger partial charge in [0, 0.05) is 23.1 Å². The molecule has 0 saturated heterocycles. The quantitative estimate of drug-likeness (QED) is 0.421. The molecule has 0 aliphatic carbocycles. The maximum absolute atomic E-state index is 13.7.